The van der Waals surface area contributed by atoms with Crippen molar-refractivity contribution in [2.45, 2.75) is 50.5 Å². The van der Waals surface area contributed by atoms with Gasteiger partial charge >= 0.3 is 0 Å². The number of hydrogen-bond donors (Lipinski definition) is 2. The highest BCUT2D eigenvalue weighted by Gasteiger charge is 2.28. The van der Waals surface area contributed by atoms with Crippen molar-refractivity contribution in [3.05, 3.63) is 66.2 Å². The van der Waals surface area contributed by atoms with E-state index in [1.54, 1.807) is 18.5 Å². The average molecular weight is 432 g/mol. The lowest BCUT2D eigenvalue weighted by Gasteiger charge is -2.27. The molecule has 166 valence electrons. The Bertz CT molecular complexity index is 1100. The van der Waals surface area contributed by atoms with Gasteiger partial charge in [0.2, 0.25) is 0 Å². The van der Waals surface area contributed by atoms with Gasteiger partial charge in [0.05, 0.1) is 17.0 Å². The lowest BCUT2D eigenvalue weighted by molar-refractivity contribution is 0.0481. The highest BCUT2D eigenvalue weighted by atomic mass is 16.3. The summed E-state index contributed by atoms with van der Waals surface area (Å²) in [5.41, 5.74) is 3.32. The summed E-state index contributed by atoms with van der Waals surface area (Å²) >= 11 is 0. The highest BCUT2D eigenvalue weighted by molar-refractivity contribution is 6.04. The molecule has 6 heteroatoms. The third-order valence-electron chi connectivity index (χ3n) is 6.52. The second kappa shape index (κ2) is 8.43. The maximum Gasteiger partial charge on any atom is 0.291 e. The monoisotopic (exact) mass is 431 g/mol. The average Bonchev–Trinajstić information content (AvgIpc) is 3.55. The maximum atomic E-state index is 13.1. The number of amides is 1. The van der Waals surface area contributed by atoms with E-state index < -0.39 is 5.60 Å². The van der Waals surface area contributed by atoms with E-state index in [0.29, 0.717) is 18.1 Å². The van der Waals surface area contributed by atoms with Crippen molar-refractivity contribution in [3.63, 3.8) is 0 Å². The van der Waals surface area contributed by atoms with E-state index in [9.17, 15) is 9.90 Å². The number of carbonyl (C=O) groups is 1. The number of pyridine rings is 1. The molecule has 1 amide bonds. The molecule has 0 bridgehead atoms. The van der Waals surface area contributed by atoms with Crippen LogP contribution in [0.3, 0.4) is 0 Å². The first-order valence-corrected chi connectivity index (χ1v) is 11.4. The fourth-order valence-electron chi connectivity index (χ4n) is 4.42. The van der Waals surface area contributed by atoms with Crippen LogP contribution < -0.4 is 10.2 Å². The highest BCUT2D eigenvalue weighted by Crippen LogP contribution is 2.43. The Morgan fingerprint density at radius 1 is 1.12 bits per heavy atom. The van der Waals surface area contributed by atoms with E-state index in [1.165, 1.54) is 18.4 Å². The number of carbonyl (C=O) groups excluding carboxylic acids is 1. The topological polar surface area (TPSA) is 78.6 Å². The van der Waals surface area contributed by atoms with Crippen molar-refractivity contribution in [2.75, 3.05) is 23.3 Å². The number of aromatic nitrogens is 1. The zero-order chi connectivity index (χ0) is 22.1. The molecule has 1 unspecified atom stereocenters. The number of aliphatic hydroxyl groups is 1. The quantitative estimate of drug-likeness (QED) is 0.580. The molecule has 5 rings (SSSR count). The van der Waals surface area contributed by atoms with E-state index in [2.05, 4.69) is 33.4 Å². The van der Waals surface area contributed by atoms with Crippen LogP contribution in [0.15, 0.2) is 59.3 Å². The molecular formula is C26H29N3O3. The third-order valence-corrected chi connectivity index (χ3v) is 6.52. The van der Waals surface area contributed by atoms with Crippen molar-refractivity contribution < 1.29 is 14.3 Å². The summed E-state index contributed by atoms with van der Waals surface area (Å²) in [4.78, 5) is 19.4. The van der Waals surface area contributed by atoms with Crippen LogP contribution in [0.2, 0.25) is 0 Å². The molecule has 6 nitrogen and oxygen atoms in total. The van der Waals surface area contributed by atoms with Crippen LogP contribution in [-0.2, 0) is 0 Å². The summed E-state index contributed by atoms with van der Waals surface area (Å²) in [5, 5.41) is 13.6. The Morgan fingerprint density at radius 2 is 1.94 bits per heavy atom. The predicted octanol–water partition coefficient (Wildman–Crippen LogP) is 5.21. The molecule has 1 aliphatic carbocycles. The summed E-state index contributed by atoms with van der Waals surface area (Å²) in [6, 6.07) is 13.6. The van der Waals surface area contributed by atoms with Gasteiger partial charge in [0.25, 0.3) is 5.91 Å². The van der Waals surface area contributed by atoms with Crippen molar-refractivity contribution in [1.82, 2.24) is 4.98 Å². The van der Waals surface area contributed by atoms with Crippen LogP contribution in [0.25, 0.3) is 11.3 Å². The molecule has 32 heavy (non-hydrogen) atoms. The number of hydrogen-bond acceptors (Lipinski definition) is 5. The van der Waals surface area contributed by atoms with Crippen LogP contribution in [-0.4, -0.2) is 34.7 Å². The summed E-state index contributed by atoms with van der Waals surface area (Å²) in [6.07, 6.45) is 8.21. The minimum atomic E-state index is -0.635. The predicted molar refractivity (Wildman–Crippen MR) is 125 cm³/mol. The summed E-state index contributed by atoms with van der Waals surface area (Å²) in [7, 11) is 0. The Kier molecular flexibility index (Phi) is 5.47. The van der Waals surface area contributed by atoms with Gasteiger partial charge in [-0.1, -0.05) is 6.07 Å². The van der Waals surface area contributed by atoms with Gasteiger partial charge in [0.15, 0.2) is 5.76 Å². The first kappa shape index (κ1) is 20.8. The molecule has 0 radical (unpaired) electrons. The van der Waals surface area contributed by atoms with Gasteiger partial charge in [-0.15, -0.1) is 0 Å². The molecule has 1 saturated carbocycles. The van der Waals surface area contributed by atoms with Crippen LogP contribution >= 0.6 is 0 Å². The van der Waals surface area contributed by atoms with Gasteiger partial charge in [0.1, 0.15) is 5.76 Å². The Hall–Kier alpha value is -3.12. The second-order valence-corrected chi connectivity index (χ2v) is 9.24. The van der Waals surface area contributed by atoms with Gasteiger partial charge in [0, 0.05) is 31.0 Å². The third kappa shape index (κ3) is 4.55. The number of rotatable bonds is 5. The van der Waals surface area contributed by atoms with E-state index >= 15 is 0 Å². The van der Waals surface area contributed by atoms with E-state index in [-0.39, 0.29) is 11.7 Å². The molecule has 1 atom stereocenters. The number of benzene rings is 1. The van der Waals surface area contributed by atoms with E-state index in [1.807, 2.05) is 25.1 Å². The van der Waals surface area contributed by atoms with E-state index in [0.717, 1.165) is 42.9 Å². The number of anilines is 2. The molecule has 1 saturated heterocycles. The minimum Gasteiger partial charge on any atom is -0.451 e. The van der Waals surface area contributed by atoms with Gasteiger partial charge in [-0.25, -0.2) is 0 Å². The maximum absolute atomic E-state index is 13.1. The molecule has 1 aromatic carbocycles. The molecule has 2 aliphatic rings. The largest absolute Gasteiger partial charge is 0.451 e. The van der Waals surface area contributed by atoms with Crippen LogP contribution in [0.1, 0.15) is 61.1 Å². The molecular weight excluding hydrogens is 402 g/mol. The smallest absolute Gasteiger partial charge is 0.291 e. The van der Waals surface area contributed by atoms with Crippen LogP contribution in [0, 0.1) is 0 Å². The molecule has 3 heterocycles. The molecule has 2 aromatic heterocycles. The molecule has 2 fully saturated rings. The van der Waals surface area contributed by atoms with Crippen LogP contribution in [0.5, 0.6) is 0 Å². The normalized spacial score (nSPS) is 21.2. The van der Waals surface area contributed by atoms with Gasteiger partial charge < -0.3 is 19.7 Å². The minimum absolute atomic E-state index is 0.263. The summed E-state index contributed by atoms with van der Waals surface area (Å²) < 4.78 is 5.84. The van der Waals surface area contributed by atoms with Crippen molar-refractivity contribution in [3.8, 4) is 11.3 Å². The summed E-state index contributed by atoms with van der Waals surface area (Å²) in [6.45, 7) is 3.52. The van der Waals surface area contributed by atoms with E-state index in [4.69, 9.17) is 4.42 Å². The lowest BCUT2D eigenvalue weighted by Crippen LogP contribution is -2.29. The Labute approximate surface area is 188 Å². The molecule has 3 aromatic rings. The zero-order valence-electron chi connectivity index (χ0n) is 18.4. The zero-order valence-corrected chi connectivity index (χ0v) is 18.4. The van der Waals surface area contributed by atoms with Crippen molar-refractivity contribution in [1.29, 1.82) is 0 Å². The fourth-order valence-corrected chi connectivity index (χ4v) is 4.42. The Balaban J connectivity index is 1.40. The Morgan fingerprint density at radius 3 is 2.72 bits per heavy atom. The number of nitrogens with zero attached hydrogens (tertiary/aromatic N) is 2. The standard InChI is InChI=1S/C26H29N3O3/c1-26(31)11-2-15-29(16-12-26)22-6-5-20(18-3-4-18)17-21(22)28-25(30)24-8-7-23(32-24)19-9-13-27-14-10-19/h5-10,13-14,17-18,31H,2-4,11-12,15-16H2,1H3,(H,28,30). The fraction of sp³-hybridized carbons (Fsp3) is 0.385. The van der Waals surface area contributed by atoms with Crippen LogP contribution in [0.4, 0.5) is 11.4 Å². The molecule has 2 N–H and O–H groups in total. The number of furan rings is 1. The number of nitrogens with one attached hydrogen (secondary N) is 1. The first-order valence-electron chi connectivity index (χ1n) is 11.4. The van der Waals surface area contributed by atoms with Gasteiger partial charge in [-0.3, -0.25) is 9.78 Å². The first-order chi connectivity index (χ1) is 15.5. The van der Waals surface area contributed by atoms with Crippen molar-refractivity contribution in [2.24, 2.45) is 0 Å². The SMILES string of the molecule is CC1(O)CCCN(c2ccc(C3CC3)cc2NC(=O)c2ccc(-c3ccncc3)o2)CC1. The summed E-state index contributed by atoms with van der Waals surface area (Å²) in [5.74, 6) is 1.24. The molecule has 1 aliphatic heterocycles. The van der Waals surface area contributed by atoms with Gasteiger partial charge in [-0.2, -0.15) is 0 Å². The van der Waals surface area contributed by atoms with Crippen molar-refractivity contribution >= 4 is 17.3 Å². The lowest BCUT2D eigenvalue weighted by atomic mass is 9.98. The van der Waals surface area contributed by atoms with Gasteiger partial charge in [-0.05, 0) is 86.9 Å². The second-order valence-electron chi connectivity index (χ2n) is 9.24. The molecule has 0 spiro atoms.